The van der Waals surface area contributed by atoms with Gasteiger partial charge in [0.2, 0.25) is 5.91 Å². The van der Waals surface area contributed by atoms with Crippen LogP contribution in [0.4, 0.5) is 0 Å². The van der Waals surface area contributed by atoms with E-state index in [1.807, 2.05) is 39.0 Å². The second-order valence-corrected chi connectivity index (χ2v) is 6.46. The molecule has 5 nitrogen and oxygen atoms in total. The van der Waals surface area contributed by atoms with Crippen LogP contribution >= 0.6 is 0 Å². The van der Waals surface area contributed by atoms with Gasteiger partial charge in [0.15, 0.2) is 6.61 Å². The SMILES string of the molecule is CCC(C)NC(=O)CCNC(=O)COc1cc(C)ccc1C(C)C. The minimum absolute atomic E-state index is 0.0455. The molecule has 24 heavy (non-hydrogen) atoms. The lowest BCUT2D eigenvalue weighted by Gasteiger charge is -2.15. The molecule has 5 heteroatoms. The van der Waals surface area contributed by atoms with Crippen molar-refractivity contribution in [2.75, 3.05) is 13.2 Å². The zero-order valence-electron chi connectivity index (χ0n) is 15.4. The van der Waals surface area contributed by atoms with E-state index in [1.54, 1.807) is 0 Å². The summed E-state index contributed by atoms with van der Waals surface area (Å²) in [7, 11) is 0. The van der Waals surface area contributed by atoms with Crippen LogP contribution in [-0.4, -0.2) is 31.0 Å². The zero-order chi connectivity index (χ0) is 18.1. The lowest BCUT2D eigenvalue weighted by Crippen LogP contribution is -2.36. The number of aryl methyl sites for hydroxylation is 1. The van der Waals surface area contributed by atoms with Gasteiger partial charge in [0.05, 0.1) is 0 Å². The lowest BCUT2D eigenvalue weighted by atomic mass is 10.0. The maximum atomic E-state index is 11.9. The molecular formula is C19H30N2O3. The van der Waals surface area contributed by atoms with Gasteiger partial charge in [0, 0.05) is 19.0 Å². The molecule has 0 fully saturated rings. The average Bonchev–Trinajstić information content (AvgIpc) is 2.52. The monoisotopic (exact) mass is 334 g/mol. The number of ether oxygens (including phenoxy) is 1. The van der Waals surface area contributed by atoms with Crippen LogP contribution in [0.2, 0.25) is 0 Å². The number of benzene rings is 1. The molecule has 134 valence electrons. The summed E-state index contributed by atoms with van der Waals surface area (Å²) in [5.41, 5.74) is 2.18. The second kappa shape index (κ2) is 9.96. The van der Waals surface area contributed by atoms with Gasteiger partial charge in [-0.15, -0.1) is 0 Å². The summed E-state index contributed by atoms with van der Waals surface area (Å²) in [6.45, 7) is 10.4. The molecule has 1 atom stereocenters. The summed E-state index contributed by atoms with van der Waals surface area (Å²) in [5, 5.41) is 5.58. The van der Waals surface area contributed by atoms with Crippen molar-refractivity contribution in [3.8, 4) is 5.75 Å². The first kappa shape index (κ1) is 20.0. The fourth-order valence-corrected chi connectivity index (χ4v) is 2.20. The molecule has 2 amide bonds. The first-order valence-electron chi connectivity index (χ1n) is 8.62. The Kier molecular flexibility index (Phi) is 8.30. The molecule has 0 aliphatic rings. The molecule has 0 spiro atoms. The Bertz CT molecular complexity index is 556. The van der Waals surface area contributed by atoms with E-state index < -0.39 is 0 Å². The number of hydrogen-bond acceptors (Lipinski definition) is 3. The second-order valence-electron chi connectivity index (χ2n) is 6.46. The predicted molar refractivity (Wildman–Crippen MR) is 96.3 cm³/mol. The van der Waals surface area contributed by atoms with E-state index in [4.69, 9.17) is 4.74 Å². The lowest BCUT2D eigenvalue weighted by molar-refractivity contribution is -0.123. The fourth-order valence-electron chi connectivity index (χ4n) is 2.20. The maximum Gasteiger partial charge on any atom is 0.257 e. The number of nitrogens with one attached hydrogen (secondary N) is 2. The molecule has 0 bridgehead atoms. The summed E-state index contributed by atoms with van der Waals surface area (Å²) in [4.78, 5) is 23.5. The Morgan fingerprint density at radius 1 is 1.17 bits per heavy atom. The van der Waals surface area contributed by atoms with Crippen molar-refractivity contribution in [3.63, 3.8) is 0 Å². The molecule has 1 aromatic rings. The van der Waals surface area contributed by atoms with Crippen molar-refractivity contribution in [2.24, 2.45) is 0 Å². The summed E-state index contributed by atoms with van der Waals surface area (Å²) in [5.74, 6) is 0.802. The zero-order valence-corrected chi connectivity index (χ0v) is 15.4. The fraction of sp³-hybridized carbons (Fsp3) is 0.579. The minimum atomic E-state index is -0.220. The summed E-state index contributed by atoms with van der Waals surface area (Å²) >= 11 is 0. The molecule has 1 rings (SSSR count). The van der Waals surface area contributed by atoms with Crippen molar-refractivity contribution in [3.05, 3.63) is 29.3 Å². The molecule has 0 saturated carbocycles. The number of carbonyl (C=O) groups is 2. The van der Waals surface area contributed by atoms with Crippen molar-refractivity contribution >= 4 is 11.8 Å². The molecule has 0 aliphatic heterocycles. The number of hydrogen-bond donors (Lipinski definition) is 2. The third kappa shape index (κ3) is 7.02. The van der Waals surface area contributed by atoms with E-state index in [2.05, 4.69) is 24.5 Å². The highest BCUT2D eigenvalue weighted by Gasteiger charge is 2.11. The smallest absolute Gasteiger partial charge is 0.257 e. The van der Waals surface area contributed by atoms with E-state index in [-0.39, 0.29) is 30.9 Å². The van der Waals surface area contributed by atoms with Crippen molar-refractivity contribution in [1.82, 2.24) is 10.6 Å². The quantitative estimate of drug-likeness (QED) is 0.730. The van der Waals surface area contributed by atoms with Gasteiger partial charge < -0.3 is 15.4 Å². The van der Waals surface area contributed by atoms with Crippen LogP contribution in [0.25, 0.3) is 0 Å². The Hall–Kier alpha value is -2.04. The number of amides is 2. The average molecular weight is 334 g/mol. The Morgan fingerprint density at radius 2 is 1.88 bits per heavy atom. The molecule has 2 N–H and O–H groups in total. The van der Waals surface area contributed by atoms with Gasteiger partial charge in [0.1, 0.15) is 5.75 Å². The van der Waals surface area contributed by atoms with Crippen molar-refractivity contribution in [2.45, 2.75) is 59.4 Å². The molecule has 0 aromatic heterocycles. The molecule has 0 heterocycles. The molecule has 0 aliphatic carbocycles. The number of rotatable bonds is 9. The van der Waals surface area contributed by atoms with Crippen molar-refractivity contribution in [1.29, 1.82) is 0 Å². The standard InChI is InChI=1S/C19H30N2O3/c1-6-15(5)21-18(22)9-10-20-19(23)12-24-17-11-14(4)7-8-16(17)13(2)3/h7-8,11,13,15H,6,9-10,12H2,1-5H3,(H,20,23)(H,21,22). The molecule has 1 unspecified atom stereocenters. The van der Waals surface area contributed by atoms with Gasteiger partial charge in [0.25, 0.3) is 5.91 Å². The predicted octanol–water partition coefficient (Wildman–Crippen LogP) is 2.92. The third-order valence-electron chi connectivity index (χ3n) is 3.84. The summed E-state index contributed by atoms with van der Waals surface area (Å²) < 4.78 is 5.67. The van der Waals surface area contributed by atoms with Crippen LogP contribution in [0.5, 0.6) is 5.75 Å². The first-order valence-corrected chi connectivity index (χ1v) is 8.62. The van der Waals surface area contributed by atoms with Crippen LogP contribution in [0.3, 0.4) is 0 Å². The van der Waals surface area contributed by atoms with Crippen molar-refractivity contribution < 1.29 is 14.3 Å². The highest BCUT2D eigenvalue weighted by molar-refractivity contribution is 5.79. The van der Waals surface area contributed by atoms with Crippen LogP contribution in [0.15, 0.2) is 18.2 Å². The van der Waals surface area contributed by atoms with Gasteiger partial charge in [-0.3, -0.25) is 9.59 Å². The first-order chi connectivity index (χ1) is 11.3. The summed E-state index contributed by atoms with van der Waals surface area (Å²) in [6, 6.07) is 6.18. The van der Waals surface area contributed by atoms with E-state index in [0.29, 0.717) is 12.5 Å². The molecule has 1 aromatic carbocycles. The van der Waals surface area contributed by atoms with E-state index in [1.165, 1.54) is 0 Å². The van der Waals surface area contributed by atoms with Gasteiger partial charge in [-0.05, 0) is 43.4 Å². The van der Waals surface area contributed by atoms with Gasteiger partial charge in [-0.1, -0.05) is 32.9 Å². The van der Waals surface area contributed by atoms with Gasteiger partial charge in [-0.25, -0.2) is 0 Å². The molecular weight excluding hydrogens is 304 g/mol. The minimum Gasteiger partial charge on any atom is -0.483 e. The topological polar surface area (TPSA) is 67.4 Å². The van der Waals surface area contributed by atoms with E-state index >= 15 is 0 Å². The highest BCUT2D eigenvalue weighted by Crippen LogP contribution is 2.27. The van der Waals surface area contributed by atoms with Gasteiger partial charge in [-0.2, -0.15) is 0 Å². The maximum absolute atomic E-state index is 11.9. The molecule has 0 radical (unpaired) electrons. The van der Waals surface area contributed by atoms with E-state index in [9.17, 15) is 9.59 Å². The summed E-state index contributed by atoms with van der Waals surface area (Å²) in [6.07, 6.45) is 1.17. The number of carbonyl (C=O) groups excluding carboxylic acids is 2. The van der Waals surface area contributed by atoms with Crippen LogP contribution < -0.4 is 15.4 Å². The third-order valence-corrected chi connectivity index (χ3v) is 3.84. The Morgan fingerprint density at radius 3 is 2.50 bits per heavy atom. The van der Waals surface area contributed by atoms with Crippen LogP contribution in [0.1, 0.15) is 57.6 Å². The van der Waals surface area contributed by atoms with Gasteiger partial charge >= 0.3 is 0 Å². The van der Waals surface area contributed by atoms with Crippen LogP contribution in [-0.2, 0) is 9.59 Å². The Balaban J connectivity index is 2.39. The van der Waals surface area contributed by atoms with E-state index in [0.717, 1.165) is 23.3 Å². The Labute approximate surface area is 145 Å². The highest BCUT2D eigenvalue weighted by atomic mass is 16.5. The van der Waals surface area contributed by atoms with Crippen LogP contribution in [0, 0.1) is 6.92 Å². The molecule has 0 saturated heterocycles. The normalized spacial score (nSPS) is 11.9. The largest absolute Gasteiger partial charge is 0.483 e.